The molecule has 5 heteroatoms. The quantitative estimate of drug-likeness (QED) is 0.500. The van der Waals surface area contributed by atoms with Crippen LogP contribution in [0.25, 0.3) is 0 Å². The SMILES string of the molecule is CCOC(=O)C1C(C)N1C(=O)OCC. The molecule has 1 saturated heterocycles. The van der Waals surface area contributed by atoms with Crippen LogP contribution in [0.3, 0.4) is 0 Å². The van der Waals surface area contributed by atoms with Crippen LogP contribution in [0.15, 0.2) is 0 Å². The number of nitrogens with zero attached hydrogens (tertiary/aromatic N) is 1. The summed E-state index contributed by atoms with van der Waals surface area (Å²) in [5.41, 5.74) is 0. The van der Waals surface area contributed by atoms with E-state index in [0.717, 1.165) is 0 Å². The molecule has 0 N–H and O–H groups in total. The highest BCUT2D eigenvalue weighted by Crippen LogP contribution is 2.29. The van der Waals surface area contributed by atoms with Crippen molar-refractivity contribution in [3.05, 3.63) is 0 Å². The Morgan fingerprint density at radius 3 is 2.29 bits per heavy atom. The number of amides is 1. The van der Waals surface area contributed by atoms with Crippen LogP contribution in [0.2, 0.25) is 0 Å². The molecule has 0 aliphatic carbocycles. The summed E-state index contributed by atoms with van der Waals surface area (Å²) in [6.07, 6.45) is -0.446. The Hall–Kier alpha value is -1.26. The van der Waals surface area contributed by atoms with Gasteiger partial charge in [-0.25, -0.2) is 9.59 Å². The fourth-order valence-corrected chi connectivity index (χ4v) is 1.36. The van der Waals surface area contributed by atoms with E-state index in [2.05, 4.69) is 0 Å². The van der Waals surface area contributed by atoms with Gasteiger partial charge in [-0.3, -0.25) is 4.90 Å². The van der Waals surface area contributed by atoms with Gasteiger partial charge in [0.25, 0.3) is 0 Å². The minimum atomic E-state index is -0.450. The van der Waals surface area contributed by atoms with Gasteiger partial charge < -0.3 is 9.47 Å². The first kappa shape index (κ1) is 10.8. The van der Waals surface area contributed by atoms with Gasteiger partial charge in [0, 0.05) is 0 Å². The summed E-state index contributed by atoms with van der Waals surface area (Å²) in [4.78, 5) is 23.9. The third-order valence-corrected chi connectivity index (χ3v) is 2.11. The molecule has 14 heavy (non-hydrogen) atoms. The Kier molecular flexibility index (Phi) is 3.33. The van der Waals surface area contributed by atoms with E-state index in [9.17, 15) is 9.59 Å². The lowest BCUT2D eigenvalue weighted by Gasteiger charge is -2.03. The first-order valence-electron chi connectivity index (χ1n) is 4.75. The van der Waals surface area contributed by atoms with Crippen molar-refractivity contribution in [2.24, 2.45) is 0 Å². The van der Waals surface area contributed by atoms with Gasteiger partial charge in [-0.05, 0) is 20.8 Å². The van der Waals surface area contributed by atoms with E-state index in [-0.39, 0.29) is 12.0 Å². The zero-order chi connectivity index (χ0) is 10.7. The maximum absolute atomic E-state index is 11.3. The molecule has 0 aromatic rings. The Morgan fingerprint density at radius 2 is 1.79 bits per heavy atom. The van der Waals surface area contributed by atoms with E-state index < -0.39 is 12.1 Å². The molecule has 1 amide bonds. The Labute approximate surface area is 83.0 Å². The zero-order valence-corrected chi connectivity index (χ0v) is 8.65. The smallest absolute Gasteiger partial charge is 0.410 e. The van der Waals surface area contributed by atoms with Crippen LogP contribution < -0.4 is 0 Å². The van der Waals surface area contributed by atoms with Crippen LogP contribution in [0, 0.1) is 0 Å². The van der Waals surface area contributed by atoms with Crippen molar-refractivity contribution in [2.45, 2.75) is 32.9 Å². The Bertz CT molecular complexity index is 217. The van der Waals surface area contributed by atoms with E-state index in [0.29, 0.717) is 13.2 Å². The summed E-state index contributed by atoms with van der Waals surface area (Å²) in [6.45, 7) is 5.90. The van der Waals surface area contributed by atoms with Crippen LogP contribution in [0.1, 0.15) is 20.8 Å². The molecule has 2 atom stereocenters. The highest BCUT2D eigenvalue weighted by molar-refractivity contribution is 5.88. The molecule has 0 saturated carbocycles. The molecule has 5 nitrogen and oxygen atoms in total. The van der Waals surface area contributed by atoms with E-state index in [1.165, 1.54) is 4.90 Å². The van der Waals surface area contributed by atoms with Gasteiger partial charge in [-0.2, -0.15) is 0 Å². The van der Waals surface area contributed by atoms with Crippen molar-refractivity contribution in [1.82, 2.24) is 4.90 Å². The van der Waals surface area contributed by atoms with Gasteiger partial charge >= 0.3 is 12.1 Å². The molecule has 1 fully saturated rings. The predicted molar refractivity (Wildman–Crippen MR) is 48.7 cm³/mol. The maximum Gasteiger partial charge on any atom is 0.410 e. The maximum atomic E-state index is 11.3. The lowest BCUT2D eigenvalue weighted by atomic mass is 10.3. The number of esters is 1. The molecule has 0 spiro atoms. The molecule has 1 heterocycles. The second-order valence-corrected chi connectivity index (χ2v) is 3.04. The highest BCUT2D eigenvalue weighted by Gasteiger charge is 2.54. The topological polar surface area (TPSA) is 55.6 Å². The van der Waals surface area contributed by atoms with E-state index in [4.69, 9.17) is 9.47 Å². The largest absolute Gasteiger partial charge is 0.464 e. The summed E-state index contributed by atoms with van der Waals surface area (Å²) < 4.78 is 9.58. The van der Waals surface area contributed by atoms with Crippen LogP contribution in [0.5, 0.6) is 0 Å². The normalized spacial score (nSPS) is 24.4. The van der Waals surface area contributed by atoms with Gasteiger partial charge in [0.2, 0.25) is 0 Å². The van der Waals surface area contributed by atoms with Crippen LogP contribution in [-0.2, 0) is 14.3 Å². The monoisotopic (exact) mass is 201 g/mol. The molecule has 0 bridgehead atoms. The van der Waals surface area contributed by atoms with Crippen molar-refractivity contribution in [1.29, 1.82) is 0 Å². The molecular weight excluding hydrogens is 186 g/mol. The number of rotatable bonds is 3. The summed E-state index contributed by atoms with van der Waals surface area (Å²) >= 11 is 0. The van der Waals surface area contributed by atoms with E-state index >= 15 is 0 Å². The molecular formula is C9H15NO4. The van der Waals surface area contributed by atoms with Crippen molar-refractivity contribution in [3.8, 4) is 0 Å². The molecule has 1 aliphatic heterocycles. The minimum Gasteiger partial charge on any atom is -0.464 e. The number of hydrogen-bond acceptors (Lipinski definition) is 4. The first-order valence-corrected chi connectivity index (χ1v) is 4.75. The predicted octanol–water partition coefficient (Wildman–Crippen LogP) is 0.779. The summed E-state index contributed by atoms with van der Waals surface area (Å²) in [7, 11) is 0. The number of ether oxygens (including phenoxy) is 2. The average Bonchev–Trinajstić information content (AvgIpc) is 2.78. The van der Waals surface area contributed by atoms with Gasteiger partial charge in [-0.15, -0.1) is 0 Å². The fraction of sp³-hybridized carbons (Fsp3) is 0.778. The standard InChI is InChI=1S/C9H15NO4/c1-4-13-8(11)7-6(3)10(7)9(12)14-5-2/h6-7H,4-5H2,1-3H3. The molecule has 1 rings (SSSR count). The third-order valence-electron chi connectivity index (χ3n) is 2.11. The van der Waals surface area contributed by atoms with Crippen molar-refractivity contribution in [3.63, 3.8) is 0 Å². The third kappa shape index (κ3) is 1.97. The van der Waals surface area contributed by atoms with Crippen molar-refractivity contribution >= 4 is 12.1 Å². The zero-order valence-electron chi connectivity index (χ0n) is 8.65. The first-order chi connectivity index (χ1) is 6.63. The minimum absolute atomic E-state index is 0.104. The van der Waals surface area contributed by atoms with Gasteiger partial charge in [-0.1, -0.05) is 0 Å². The van der Waals surface area contributed by atoms with Crippen molar-refractivity contribution < 1.29 is 19.1 Å². The van der Waals surface area contributed by atoms with Gasteiger partial charge in [0.1, 0.15) is 0 Å². The Morgan fingerprint density at radius 1 is 1.21 bits per heavy atom. The van der Waals surface area contributed by atoms with Crippen molar-refractivity contribution in [2.75, 3.05) is 13.2 Å². The van der Waals surface area contributed by atoms with Crippen LogP contribution in [-0.4, -0.2) is 42.3 Å². The van der Waals surface area contributed by atoms with Gasteiger partial charge in [0.15, 0.2) is 6.04 Å². The molecule has 80 valence electrons. The van der Waals surface area contributed by atoms with Crippen LogP contribution >= 0.6 is 0 Å². The second kappa shape index (κ2) is 4.30. The van der Waals surface area contributed by atoms with E-state index in [1.807, 2.05) is 0 Å². The Balaban J connectivity index is 2.45. The van der Waals surface area contributed by atoms with E-state index in [1.54, 1.807) is 20.8 Å². The number of hydrogen-bond donors (Lipinski definition) is 0. The lowest BCUT2D eigenvalue weighted by molar-refractivity contribution is -0.143. The number of carbonyl (C=O) groups is 2. The molecule has 1 aliphatic rings. The fourth-order valence-electron chi connectivity index (χ4n) is 1.36. The number of carbonyl (C=O) groups excluding carboxylic acids is 2. The summed E-state index contributed by atoms with van der Waals surface area (Å²) in [6, 6.07) is -0.554. The molecule has 0 aromatic carbocycles. The second-order valence-electron chi connectivity index (χ2n) is 3.04. The molecule has 0 radical (unpaired) electrons. The summed E-state index contributed by atoms with van der Waals surface area (Å²) in [5, 5.41) is 0. The van der Waals surface area contributed by atoms with Crippen LogP contribution in [0.4, 0.5) is 4.79 Å². The highest BCUT2D eigenvalue weighted by atomic mass is 16.6. The van der Waals surface area contributed by atoms with Gasteiger partial charge in [0.05, 0.1) is 19.3 Å². The molecule has 0 aromatic heterocycles. The lowest BCUT2D eigenvalue weighted by Crippen LogP contribution is -2.21. The molecule has 2 unspecified atom stereocenters. The average molecular weight is 201 g/mol. The summed E-state index contributed by atoms with van der Waals surface area (Å²) in [5.74, 6) is -0.354.